The lowest BCUT2D eigenvalue weighted by Crippen LogP contribution is -2.16. The zero-order valence-electron chi connectivity index (χ0n) is 10.4. The number of amides is 1. The summed E-state index contributed by atoms with van der Waals surface area (Å²) in [6, 6.07) is 0. The largest absolute Gasteiger partial charge is 0.376 e. The fraction of sp³-hybridized carbons (Fsp3) is 0.583. The maximum atomic E-state index is 11.4. The van der Waals surface area contributed by atoms with Gasteiger partial charge in [0.05, 0.1) is 31.0 Å². The van der Waals surface area contributed by atoms with Gasteiger partial charge in [-0.1, -0.05) is 0 Å². The van der Waals surface area contributed by atoms with Gasteiger partial charge in [-0.05, 0) is 19.8 Å². The average molecular weight is 251 g/mol. The van der Waals surface area contributed by atoms with E-state index in [1.807, 2.05) is 0 Å². The van der Waals surface area contributed by atoms with Gasteiger partial charge in [-0.2, -0.15) is 5.10 Å². The first-order chi connectivity index (χ1) is 8.63. The van der Waals surface area contributed by atoms with Crippen LogP contribution in [0.3, 0.4) is 0 Å². The Labute approximate surface area is 105 Å². The van der Waals surface area contributed by atoms with Crippen molar-refractivity contribution in [2.75, 3.05) is 11.9 Å². The van der Waals surface area contributed by atoms with E-state index in [1.165, 1.54) is 6.92 Å². The van der Waals surface area contributed by atoms with Crippen molar-refractivity contribution in [3.8, 4) is 0 Å². The lowest BCUT2D eigenvalue weighted by molar-refractivity contribution is -0.124. The number of aromatic nitrogens is 2. The van der Waals surface area contributed by atoms with Crippen molar-refractivity contribution in [1.82, 2.24) is 9.78 Å². The van der Waals surface area contributed by atoms with Gasteiger partial charge in [0.25, 0.3) is 0 Å². The number of hydrogen-bond donors (Lipinski definition) is 1. The highest BCUT2D eigenvalue weighted by Crippen LogP contribution is 2.14. The third-order valence-electron chi connectivity index (χ3n) is 2.74. The highest BCUT2D eigenvalue weighted by Gasteiger charge is 2.16. The van der Waals surface area contributed by atoms with Crippen LogP contribution in [0.1, 0.15) is 26.2 Å². The summed E-state index contributed by atoms with van der Waals surface area (Å²) >= 11 is 0. The number of ketones is 1. The fourth-order valence-corrected chi connectivity index (χ4v) is 1.96. The molecule has 1 aromatic heterocycles. The fourth-order valence-electron chi connectivity index (χ4n) is 1.96. The van der Waals surface area contributed by atoms with Crippen LogP contribution in [0.25, 0.3) is 0 Å². The van der Waals surface area contributed by atoms with Gasteiger partial charge in [0, 0.05) is 12.8 Å². The SMILES string of the molecule is CC(=O)CC(=O)Nc1cnn(CC2CCCO2)c1. The quantitative estimate of drug-likeness (QED) is 0.792. The van der Waals surface area contributed by atoms with Crippen LogP contribution in [0.4, 0.5) is 5.69 Å². The minimum atomic E-state index is -0.306. The van der Waals surface area contributed by atoms with Gasteiger partial charge in [-0.15, -0.1) is 0 Å². The molecule has 0 bridgehead atoms. The van der Waals surface area contributed by atoms with Gasteiger partial charge in [0.15, 0.2) is 0 Å². The van der Waals surface area contributed by atoms with Crippen molar-refractivity contribution in [2.45, 2.75) is 38.8 Å². The van der Waals surface area contributed by atoms with Crippen LogP contribution in [0, 0.1) is 0 Å². The maximum absolute atomic E-state index is 11.4. The molecule has 1 unspecified atom stereocenters. The number of ether oxygens (including phenoxy) is 1. The number of Topliss-reactive ketones (excluding diaryl/α,β-unsaturated/α-hetero) is 1. The molecule has 0 aromatic carbocycles. The molecule has 1 N–H and O–H groups in total. The molecule has 1 aliphatic heterocycles. The van der Waals surface area contributed by atoms with E-state index in [9.17, 15) is 9.59 Å². The standard InChI is InChI=1S/C12H17N3O3/c1-9(16)5-12(17)14-10-6-13-15(7-10)8-11-3-2-4-18-11/h6-7,11H,2-5,8H2,1H3,(H,14,17). The summed E-state index contributed by atoms with van der Waals surface area (Å²) in [7, 11) is 0. The van der Waals surface area contributed by atoms with E-state index in [2.05, 4.69) is 10.4 Å². The summed E-state index contributed by atoms with van der Waals surface area (Å²) in [5, 5.41) is 6.78. The van der Waals surface area contributed by atoms with Crippen molar-refractivity contribution in [3.63, 3.8) is 0 Å². The molecule has 1 aromatic rings. The molecule has 0 spiro atoms. The van der Waals surface area contributed by atoms with Gasteiger partial charge in [-0.25, -0.2) is 0 Å². The summed E-state index contributed by atoms with van der Waals surface area (Å²) in [4.78, 5) is 22.2. The van der Waals surface area contributed by atoms with Gasteiger partial charge in [0.2, 0.25) is 5.91 Å². The molecule has 98 valence electrons. The second-order valence-electron chi connectivity index (χ2n) is 4.51. The molecule has 1 aliphatic rings. The van der Waals surface area contributed by atoms with E-state index in [4.69, 9.17) is 4.74 Å². The Balaban J connectivity index is 1.85. The molecule has 2 rings (SSSR count). The molecular formula is C12H17N3O3. The van der Waals surface area contributed by atoms with Gasteiger partial charge >= 0.3 is 0 Å². The number of nitrogens with zero attached hydrogens (tertiary/aromatic N) is 2. The average Bonchev–Trinajstić information content (AvgIpc) is 2.89. The lowest BCUT2D eigenvalue weighted by Gasteiger charge is -2.08. The number of carbonyl (C=O) groups is 2. The van der Waals surface area contributed by atoms with E-state index in [1.54, 1.807) is 17.1 Å². The maximum Gasteiger partial charge on any atom is 0.231 e. The van der Waals surface area contributed by atoms with Crippen molar-refractivity contribution >= 4 is 17.4 Å². The Bertz CT molecular complexity index is 436. The van der Waals surface area contributed by atoms with E-state index in [0.29, 0.717) is 12.2 Å². The molecule has 0 radical (unpaired) electrons. The number of rotatable bonds is 5. The highest BCUT2D eigenvalue weighted by molar-refractivity contribution is 6.03. The first-order valence-corrected chi connectivity index (χ1v) is 6.07. The zero-order chi connectivity index (χ0) is 13.0. The summed E-state index contributed by atoms with van der Waals surface area (Å²) in [6.45, 7) is 2.90. The minimum Gasteiger partial charge on any atom is -0.376 e. The van der Waals surface area contributed by atoms with Gasteiger partial charge in [0.1, 0.15) is 5.78 Å². The second-order valence-corrected chi connectivity index (χ2v) is 4.51. The van der Waals surface area contributed by atoms with Crippen LogP contribution in [-0.4, -0.2) is 34.2 Å². The summed E-state index contributed by atoms with van der Waals surface area (Å²) in [6.07, 6.45) is 5.58. The molecule has 1 fully saturated rings. The smallest absolute Gasteiger partial charge is 0.231 e. The number of anilines is 1. The molecular weight excluding hydrogens is 234 g/mol. The monoisotopic (exact) mass is 251 g/mol. The van der Waals surface area contributed by atoms with Crippen molar-refractivity contribution in [2.24, 2.45) is 0 Å². The third kappa shape index (κ3) is 3.66. The Morgan fingerprint density at radius 2 is 2.44 bits per heavy atom. The van der Waals surface area contributed by atoms with Crippen molar-refractivity contribution < 1.29 is 14.3 Å². The summed E-state index contributed by atoms with van der Waals surface area (Å²) in [5.41, 5.74) is 0.610. The Kier molecular flexibility index (Phi) is 4.09. The van der Waals surface area contributed by atoms with Crippen molar-refractivity contribution in [3.05, 3.63) is 12.4 Å². The van der Waals surface area contributed by atoms with Crippen LogP contribution < -0.4 is 5.32 Å². The minimum absolute atomic E-state index is 0.100. The van der Waals surface area contributed by atoms with Crippen LogP contribution >= 0.6 is 0 Å². The van der Waals surface area contributed by atoms with Crippen LogP contribution in [0.2, 0.25) is 0 Å². The summed E-state index contributed by atoms with van der Waals surface area (Å²) < 4.78 is 7.26. The molecule has 0 saturated carbocycles. The van der Waals surface area contributed by atoms with E-state index >= 15 is 0 Å². The third-order valence-corrected chi connectivity index (χ3v) is 2.74. The Morgan fingerprint density at radius 1 is 1.61 bits per heavy atom. The predicted molar refractivity (Wildman–Crippen MR) is 65.1 cm³/mol. The lowest BCUT2D eigenvalue weighted by atomic mass is 10.2. The topological polar surface area (TPSA) is 73.2 Å². The van der Waals surface area contributed by atoms with Crippen LogP contribution in [-0.2, 0) is 20.9 Å². The summed E-state index contributed by atoms with van der Waals surface area (Å²) in [5.74, 6) is -0.460. The van der Waals surface area contributed by atoms with Crippen molar-refractivity contribution in [1.29, 1.82) is 0 Å². The molecule has 0 aliphatic carbocycles. The number of hydrogen-bond acceptors (Lipinski definition) is 4. The molecule has 1 atom stereocenters. The van der Waals surface area contributed by atoms with Crippen LogP contribution in [0.15, 0.2) is 12.4 Å². The van der Waals surface area contributed by atoms with E-state index in [-0.39, 0.29) is 24.2 Å². The molecule has 6 heteroatoms. The van der Waals surface area contributed by atoms with Gasteiger partial charge < -0.3 is 10.1 Å². The number of nitrogens with one attached hydrogen (secondary N) is 1. The predicted octanol–water partition coefficient (Wildman–Crippen LogP) is 0.980. The molecule has 18 heavy (non-hydrogen) atoms. The molecule has 6 nitrogen and oxygen atoms in total. The highest BCUT2D eigenvalue weighted by atomic mass is 16.5. The first kappa shape index (κ1) is 12.8. The Hall–Kier alpha value is -1.69. The normalized spacial score (nSPS) is 18.8. The van der Waals surface area contributed by atoms with Gasteiger partial charge in [-0.3, -0.25) is 14.3 Å². The Morgan fingerprint density at radius 3 is 3.11 bits per heavy atom. The number of carbonyl (C=O) groups excluding carboxylic acids is 2. The first-order valence-electron chi connectivity index (χ1n) is 6.07. The van der Waals surface area contributed by atoms with E-state index in [0.717, 1.165) is 19.4 Å². The van der Waals surface area contributed by atoms with Crippen LogP contribution in [0.5, 0.6) is 0 Å². The van der Waals surface area contributed by atoms with E-state index < -0.39 is 0 Å². The zero-order valence-corrected chi connectivity index (χ0v) is 10.4. The molecule has 1 saturated heterocycles. The molecule has 2 heterocycles. The molecule has 1 amide bonds. The second kappa shape index (κ2) is 5.77.